The highest BCUT2D eigenvalue weighted by atomic mass is 16.2. The summed E-state index contributed by atoms with van der Waals surface area (Å²) in [5.41, 5.74) is 0. The number of carbonyl (C=O) groups excluding carboxylic acids is 2. The van der Waals surface area contributed by atoms with Gasteiger partial charge in [0.05, 0.1) is 12.5 Å². The van der Waals surface area contributed by atoms with Crippen LogP contribution in [-0.4, -0.2) is 35.3 Å². The Balaban J connectivity index is 1.85. The first-order valence-corrected chi connectivity index (χ1v) is 7.62. The van der Waals surface area contributed by atoms with Gasteiger partial charge in [-0.1, -0.05) is 20.3 Å². The molecule has 1 aliphatic carbocycles. The Morgan fingerprint density at radius 1 is 1.37 bits per heavy atom. The van der Waals surface area contributed by atoms with Crippen LogP contribution < -0.4 is 5.32 Å². The van der Waals surface area contributed by atoms with Crippen molar-refractivity contribution in [2.75, 3.05) is 6.54 Å². The lowest BCUT2D eigenvalue weighted by Gasteiger charge is -2.22. The van der Waals surface area contributed by atoms with Crippen molar-refractivity contribution in [1.29, 1.82) is 0 Å². The molecule has 4 nitrogen and oxygen atoms in total. The largest absolute Gasteiger partial charge is 0.305 e. The summed E-state index contributed by atoms with van der Waals surface area (Å²) in [6.07, 6.45) is 4.95. The number of nitrogens with one attached hydrogen (secondary N) is 1. The van der Waals surface area contributed by atoms with Gasteiger partial charge in [0.2, 0.25) is 11.8 Å². The van der Waals surface area contributed by atoms with Crippen LogP contribution >= 0.6 is 0 Å². The Bertz CT molecular complexity index is 356. The molecule has 2 aliphatic rings. The summed E-state index contributed by atoms with van der Waals surface area (Å²) in [5, 5.41) is 3.32. The SMILES string of the molecule is CCC(C)N1C(=O)CC(NCC2CCC(C)C2)C1=O. The van der Waals surface area contributed by atoms with Crippen molar-refractivity contribution in [2.45, 2.75) is 65.0 Å². The molecule has 0 aromatic carbocycles. The van der Waals surface area contributed by atoms with Crippen molar-refractivity contribution in [3.8, 4) is 0 Å². The van der Waals surface area contributed by atoms with Crippen LogP contribution in [0.15, 0.2) is 0 Å². The Morgan fingerprint density at radius 3 is 2.68 bits per heavy atom. The van der Waals surface area contributed by atoms with Crippen molar-refractivity contribution in [2.24, 2.45) is 11.8 Å². The molecule has 0 radical (unpaired) electrons. The highest BCUT2D eigenvalue weighted by Crippen LogP contribution is 2.30. The first-order valence-electron chi connectivity index (χ1n) is 7.62. The van der Waals surface area contributed by atoms with E-state index in [4.69, 9.17) is 0 Å². The average Bonchev–Trinajstić information content (AvgIpc) is 2.90. The van der Waals surface area contributed by atoms with Gasteiger partial charge in [-0.3, -0.25) is 14.5 Å². The third kappa shape index (κ3) is 3.16. The second-order valence-corrected chi connectivity index (χ2v) is 6.31. The second-order valence-electron chi connectivity index (χ2n) is 6.31. The Morgan fingerprint density at radius 2 is 2.11 bits per heavy atom. The maximum atomic E-state index is 12.2. The van der Waals surface area contributed by atoms with Crippen molar-refractivity contribution >= 4 is 11.8 Å². The monoisotopic (exact) mass is 266 g/mol. The first kappa shape index (κ1) is 14.5. The average molecular weight is 266 g/mol. The molecule has 1 heterocycles. The highest BCUT2D eigenvalue weighted by molar-refractivity contribution is 6.05. The predicted octanol–water partition coefficient (Wildman–Crippen LogP) is 1.94. The summed E-state index contributed by atoms with van der Waals surface area (Å²) in [6.45, 7) is 7.11. The molecule has 1 aliphatic heterocycles. The minimum atomic E-state index is -0.280. The molecule has 108 valence electrons. The van der Waals surface area contributed by atoms with Crippen LogP contribution in [0.4, 0.5) is 0 Å². The van der Waals surface area contributed by atoms with Crippen molar-refractivity contribution in [3.63, 3.8) is 0 Å². The molecule has 1 saturated carbocycles. The Hall–Kier alpha value is -0.900. The summed E-state index contributed by atoms with van der Waals surface area (Å²) >= 11 is 0. The van der Waals surface area contributed by atoms with Gasteiger partial charge in [0, 0.05) is 6.04 Å². The van der Waals surface area contributed by atoms with Crippen LogP contribution in [0.5, 0.6) is 0 Å². The quantitative estimate of drug-likeness (QED) is 0.774. The zero-order valence-electron chi connectivity index (χ0n) is 12.3. The number of imide groups is 1. The molecule has 4 heteroatoms. The van der Waals surface area contributed by atoms with Gasteiger partial charge < -0.3 is 5.32 Å². The van der Waals surface area contributed by atoms with Crippen LogP contribution in [0.1, 0.15) is 52.9 Å². The number of amides is 2. The molecule has 4 unspecified atom stereocenters. The molecule has 0 aromatic rings. The fraction of sp³-hybridized carbons (Fsp3) is 0.867. The molecule has 2 fully saturated rings. The fourth-order valence-electron chi connectivity index (χ4n) is 3.28. The number of nitrogens with zero attached hydrogens (tertiary/aromatic N) is 1. The summed E-state index contributed by atoms with van der Waals surface area (Å²) in [5.74, 6) is 1.45. The number of likely N-dealkylation sites (tertiary alicyclic amines) is 1. The van der Waals surface area contributed by atoms with E-state index in [0.29, 0.717) is 12.3 Å². The predicted molar refractivity (Wildman–Crippen MR) is 74.5 cm³/mol. The summed E-state index contributed by atoms with van der Waals surface area (Å²) in [6, 6.07) is -0.254. The minimum Gasteiger partial charge on any atom is -0.305 e. The summed E-state index contributed by atoms with van der Waals surface area (Å²) in [7, 11) is 0. The minimum absolute atomic E-state index is 0.0170. The fourth-order valence-corrected chi connectivity index (χ4v) is 3.28. The highest BCUT2D eigenvalue weighted by Gasteiger charge is 2.40. The normalized spacial score (nSPS) is 33.2. The van der Waals surface area contributed by atoms with Gasteiger partial charge in [0.25, 0.3) is 0 Å². The lowest BCUT2D eigenvalue weighted by molar-refractivity contribution is -0.141. The van der Waals surface area contributed by atoms with Crippen LogP contribution in [0.25, 0.3) is 0 Å². The molecule has 4 atom stereocenters. The third-order valence-electron chi connectivity index (χ3n) is 4.67. The van der Waals surface area contributed by atoms with E-state index in [2.05, 4.69) is 12.2 Å². The number of rotatable bonds is 5. The lowest BCUT2D eigenvalue weighted by atomic mass is 10.1. The second kappa shape index (κ2) is 6.04. The molecule has 19 heavy (non-hydrogen) atoms. The number of carbonyl (C=O) groups is 2. The van der Waals surface area contributed by atoms with Gasteiger partial charge in [-0.05, 0) is 44.6 Å². The molecule has 0 spiro atoms. The van der Waals surface area contributed by atoms with Crippen LogP contribution in [0, 0.1) is 11.8 Å². The van der Waals surface area contributed by atoms with E-state index in [1.807, 2.05) is 13.8 Å². The Kier molecular flexibility index (Phi) is 4.61. The molecule has 0 aromatic heterocycles. The van der Waals surface area contributed by atoms with Gasteiger partial charge >= 0.3 is 0 Å². The van der Waals surface area contributed by atoms with Crippen LogP contribution in [-0.2, 0) is 9.59 Å². The lowest BCUT2D eigenvalue weighted by Crippen LogP contribution is -2.43. The van der Waals surface area contributed by atoms with E-state index < -0.39 is 0 Å². The zero-order chi connectivity index (χ0) is 14.0. The molecule has 2 rings (SSSR count). The molecule has 0 bridgehead atoms. The van der Waals surface area contributed by atoms with Gasteiger partial charge in [-0.25, -0.2) is 0 Å². The maximum absolute atomic E-state index is 12.2. The molecular weight excluding hydrogens is 240 g/mol. The molecule has 1 saturated heterocycles. The van der Waals surface area contributed by atoms with E-state index in [-0.39, 0.29) is 23.9 Å². The Labute approximate surface area is 115 Å². The van der Waals surface area contributed by atoms with Crippen molar-refractivity contribution in [3.05, 3.63) is 0 Å². The maximum Gasteiger partial charge on any atom is 0.247 e. The third-order valence-corrected chi connectivity index (χ3v) is 4.67. The molecule has 1 N–H and O–H groups in total. The number of hydrogen-bond acceptors (Lipinski definition) is 3. The zero-order valence-corrected chi connectivity index (χ0v) is 12.3. The van der Waals surface area contributed by atoms with E-state index in [1.54, 1.807) is 0 Å². The van der Waals surface area contributed by atoms with Crippen molar-refractivity contribution < 1.29 is 9.59 Å². The topological polar surface area (TPSA) is 49.4 Å². The van der Waals surface area contributed by atoms with Gasteiger partial charge in [-0.2, -0.15) is 0 Å². The van der Waals surface area contributed by atoms with E-state index in [9.17, 15) is 9.59 Å². The van der Waals surface area contributed by atoms with E-state index in [1.165, 1.54) is 24.2 Å². The number of hydrogen-bond donors (Lipinski definition) is 1. The van der Waals surface area contributed by atoms with E-state index >= 15 is 0 Å². The van der Waals surface area contributed by atoms with Crippen LogP contribution in [0.2, 0.25) is 0 Å². The standard InChI is InChI=1S/C15H26N2O2/c1-4-11(3)17-14(18)8-13(15(17)19)16-9-12-6-5-10(2)7-12/h10-13,16H,4-9H2,1-3H3. The molecular formula is C15H26N2O2. The van der Waals surface area contributed by atoms with E-state index in [0.717, 1.165) is 18.9 Å². The van der Waals surface area contributed by atoms with Gasteiger partial charge in [-0.15, -0.1) is 0 Å². The summed E-state index contributed by atoms with van der Waals surface area (Å²) in [4.78, 5) is 25.6. The molecule has 2 amide bonds. The van der Waals surface area contributed by atoms with Gasteiger partial charge in [0.15, 0.2) is 0 Å². The smallest absolute Gasteiger partial charge is 0.247 e. The van der Waals surface area contributed by atoms with Crippen LogP contribution in [0.3, 0.4) is 0 Å². The van der Waals surface area contributed by atoms with Gasteiger partial charge in [0.1, 0.15) is 0 Å². The first-order chi connectivity index (χ1) is 9.02. The van der Waals surface area contributed by atoms with Crippen molar-refractivity contribution in [1.82, 2.24) is 10.2 Å². The summed E-state index contributed by atoms with van der Waals surface area (Å²) < 4.78 is 0.